The molecule has 1 atom stereocenters. The predicted molar refractivity (Wildman–Crippen MR) is 124 cm³/mol. The van der Waals surface area contributed by atoms with Crippen molar-refractivity contribution in [2.45, 2.75) is 24.9 Å². The molecule has 2 aromatic heterocycles. The van der Waals surface area contributed by atoms with Crippen LogP contribution in [0.4, 0.5) is 4.39 Å². The molecule has 1 fully saturated rings. The maximum atomic E-state index is 14.8. The van der Waals surface area contributed by atoms with Gasteiger partial charge in [-0.2, -0.15) is 0 Å². The Morgan fingerprint density at radius 3 is 2.85 bits per heavy atom. The molecule has 1 N–H and O–H groups in total. The van der Waals surface area contributed by atoms with Crippen molar-refractivity contribution in [1.29, 1.82) is 0 Å². The van der Waals surface area contributed by atoms with Gasteiger partial charge in [0.15, 0.2) is 0 Å². The summed E-state index contributed by atoms with van der Waals surface area (Å²) < 4.78 is 22.3. The quantitative estimate of drug-likeness (QED) is 0.341. The van der Waals surface area contributed by atoms with E-state index in [9.17, 15) is 9.18 Å². The molecule has 168 valence electrons. The van der Waals surface area contributed by atoms with E-state index in [1.165, 1.54) is 41.4 Å². The summed E-state index contributed by atoms with van der Waals surface area (Å²) in [4.78, 5) is 17.1. The molecule has 0 spiro atoms. The molecule has 0 saturated heterocycles. The van der Waals surface area contributed by atoms with Crippen LogP contribution in [0.15, 0.2) is 61.1 Å². The van der Waals surface area contributed by atoms with Crippen molar-refractivity contribution in [2.75, 3.05) is 6.54 Å². The number of imidazole rings is 1. The van der Waals surface area contributed by atoms with Crippen LogP contribution in [-0.4, -0.2) is 27.0 Å². The number of aromatic nitrogens is 3. The maximum Gasteiger partial charge on any atom is 0.257 e. The van der Waals surface area contributed by atoms with Crippen molar-refractivity contribution in [3.05, 3.63) is 87.8 Å². The van der Waals surface area contributed by atoms with E-state index in [2.05, 4.69) is 21.5 Å². The molecule has 1 unspecified atom stereocenters. The molecule has 2 heterocycles. The smallest absolute Gasteiger partial charge is 0.257 e. The van der Waals surface area contributed by atoms with Gasteiger partial charge in [-0.1, -0.05) is 41.4 Å². The summed E-state index contributed by atoms with van der Waals surface area (Å²) >= 11 is 12.0. The van der Waals surface area contributed by atoms with E-state index >= 15 is 0 Å². The van der Waals surface area contributed by atoms with Crippen molar-refractivity contribution in [3.8, 4) is 11.6 Å². The lowest BCUT2D eigenvalue weighted by Gasteiger charge is -2.14. The van der Waals surface area contributed by atoms with Crippen molar-refractivity contribution >= 4 is 34.6 Å². The topological polar surface area (TPSA) is 68.5 Å². The molecule has 1 saturated carbocycles. The summed E-state index contributed by atoms with van der Waals surface area (Å²) in [5.74, 6) is 0.719. The Morgan fingerprint density at radius 2 is 2.06 bits per heavy atom. The molecule has 1 aliphatic carbocycles. The van der Waals surface area contributed by atoms with Crippen LogP contribution in [0.2, 0.25) is 10.0 Å². The van der Waals surface area contributed by atoms with Gasteiger partial charge in [-0.3, -0.25) is 4.79 Å². The highest BCUT2D eigenvalue weighted by atomic mass is 35.5. The second kappa shape index (κ2) is 9.00. The molecule has 33 heavy (non-hydrogen) atoms. The minimum absolute atomic E-state index is 0.103. The Bertz CT molecular complexity index is 1340. The first kappa shape index (κ1) is 21.7. The Kier molecular flexibility index (Phi) is 5.91. The van der Waals surface area contributed by atoms with Crippen molar-refractivity contribution in [2.24, 2.45) is 0 Å². The van der Waals surface area contributed by atoms with Crippen LogP contribution < -0.4 is 10.1 Å². The van der Waals surface area contributed by atoms with Crippen LogP contribution in [0.25, 0.3) is 5.52 Å². The number of nitrogens with zero attached hydrogens (tertiary/aromatic N) is 3. The number of hydrogen-bond donors (Lipinski definition) is 1. The molecule has 0 radical (unpaired) electrons. The minimum Gasteiger partial charge on any atom is -0.437 e. The van der Waals surface area contributed by atoms with Crippen LogP contribution >= 0.6 is 23.2 Å². The number of carbonyl (C=O) groups is 1. The predicted octanol–water partition coefficient (Wildman–Crippen LogP) is 6.15. The van der Waals surface area contributed by atoms with E-state index in [1.807, 2.05) is 18.2 Å². The molecule has 0 bridgehead atoms. The second-order valence-corrected chi connectivity index (χ2v) is 8.76. The van der Waals surface area contributed by atoms with Gasteiger partial charge in [0, 0.05) is 15.6 Å². The molecular formula is C24H19Cl2FN4O2. The monoisotopic (exact) mass is 484 g/mol. The number of nitrogens with one attached hydrogen (secondary N) is 1. The van der Waals surface area contributed by atoms with E-state index in [4.69, 9.17) is 27.9 Å². The third-order valence-corrected chi connectivity index (χ3v) is 6.04. The number of benzene rings is 2. The van der Waals surface area contributed by atoms with E-state index < -0.39 is 12.1 Å². The fourth-order valence-electron chi connectivity index (χ4n) is 3.59. The molecule has 4 aromatic rings. The normalized spacial score (nSPS) is 14.3. The summed E-state index contributed by atoms with van der Waals surface area (Å²) in [5, 5.41) is 7.61. The maximum absolute atomic E-state index is 14.8. The average molecular weight is 485 g/mol. The Labute approximate surface area is 199 Å². The van der Waals surface area contributed by atoms with Gasteiger partial charge in [0.25, 0.3) is 5.91 Å². The zero-order valence-electron chi connectivity index (χ0n) is 17.3. The van der Waals surface area contributed by atoms with Crippen LogP contribution in [0.3, 0.4) is 0 Å². The van der Waals surface area contributed by atoms with Crippen LogP contribution in [0.1, 0.15) is 46.4 Å². The molecular weight excluding hydrogens is 466 g/mol. The number of rotatable bonds is 7. The van der Waals surface area contributed by atoms with Gasteiger partial charge in [0.05, 0.1) is 18.3 Å². The number of amides is 1. The summed E-state index contributed by atoms with van der Waals surface area (Å²) in [6, 6.07) is 13.9. The highest BCUT2D eigenvalue weighted by Gasteiger charge is 2.24. The lowest BCUT2D eigenvalue weighted by atomic mass is 10.1. The average Bonchev–Trinajstić information content (AvgIpc) is 3.55. The van der Waals surface area contributed by atoms with E-state index in [0.717, 1.165) is 0 Å². The van der Waals surface area contributed by atoms with Gasteiger partial charge >= 0.3 is 0 Å². The fourth-order valence-corrected chi connectivity index (χ4v) is 4.12. The zero-order chi connectivity index (χ0) is 22.9. The first-order chi connectivity index (χ1) is 16.0. The van der Waals surface area contributed by atoms with Crippen LogP contribution in [0, 0.1) is 0 Å². The molecule has 2 aromatic carbocycles. The van der Waals surface area contributed by atoms with Gasteiger partial charge < -0.3 is 10.1 Å². The van der Waals surface area contributed by atoms with Gasteiger partial charge in [-0.05, 0) is 54.7 Å². The zero-order valence-corrected chi connectivity index (χ0v) is 18.9. The number of halogens is 3. The first-order valence-electron chi connectivity index (χ1n) is 10.5. The Hall–Kier alpha value is -3.16. The summed E-state index contributed by atoms with van der Waals surface area (Å²) in [6.07, 6.45) is 3.92. The molecule has 1 aliphatic rings. The van der Waals surface area contributed by atoms with Crippen LogP contribution in [-0.2, 0) is 0 Å². The Morgan fingerprint density at radius 1 is 1.21 bits per heavy atom. The first-order valence-corrected chi connectivity index (χ1v) is 11.2. The van der Waals surface area contributed by atoms with Crippen molar-refractivity contribution < 1.29 is 13.9 Å². The molecule has 6 nitrogen and oxygen atoms in total. The van der Waals surface area contributed by atoms with E-state index in [-0.39, 0.29) is 28.6 Å². The SMILES string of the molecule is O=C(NCC(F)c1ccc(Cl)cc1Cl)c1cc2cncn2nc1Oc1cccc(C2CC2)c1. The number of alkyl halides is 1. The highest BCUT2D eigenvalue weighted by molar-refractivity contribution is 6.35. The number of hydrogen-bond acceptors (Lipinski definition) is 4. The minimum atomic E-state index is -1.51. The summed E-state index contributed by atoms with van der Waals surface area (Å²) in [7, 11) is 0. The number of fused-ring (bicyclic) bond motifs is 1. The largest absolute Gasteiger partial charge is 0.437 e. The number of ether oxygens (including phenoxy) is 1. The summed E-state index contributed by atoms with van der Waals surface area (Å²) in [6.45, 7) is -0.277. The van der Waals surface area contributed by atoms with Gasteiger partial charge in [0.2, 0.25) is 5.88 Å². The summed E-state index contributed by atoms with van der Waals surface area (Å²) in [5.41, 5.74) is 2.23. The third kappa shape index (κ3) is 4.79. The molecule has 5 rings (SSSR count). The van der Waals surface area contributed by atoms with Gasteiger partial charge in [-0.15, -0.1) is 5.10 Å². The number of carbonyl (C=O) groups excluding carboxylic acids is 1. The Balaban J connectivity index is 1.38. The highest BCUT2D eigenvalue weighted by Crippen LogP contribution is 2.41. The fraction of sp³-hybridized carbons (Fsp3) is 0.208. The van der Waals surface area contributed by atoms with Crippen molar-refractivity contribution in [3.63, 3.8) is 0 Å². The molecule has 1 amide bonds. The van der Waals surface area contributed by atoms with Crippen molar-refractivity contribution in [1.82, 2.24) is 19.9 Å². The van der Waals surface area contributed by atoms with E-state index in [0.29, 0.717) is 22.2 Å². The van der Waals surface area contributed by atoms with E-state index in [1.54, 1.807) is 18.3 Å². The lowest BCUT2D eigenvalue weighted by Crippen LogP contribution is -2.28. The molecule has 0 aliphatic heterocycles. The van der Waals surface area contributed by atoms with Gasteiger partial charge in [-0.25, -0.2) is 13.9 Å². The van der Waals surface area contributed by atoms with Gasteiger partial charge in [0.1, 0.15) is 23.8 Å². The third-order valence-electron chi connectivity index (χ3n) is 5.48. The standard InChI is InChI=1S/C24H19Cl2FN4O2/c25-16-6-7-19(21(26)9-16)22(27)12-29-23(32)20-10-17-11-28-13-31(17)30-24(20)33-18-3-1-2-15(8-18)14-4-5-14/h1-3,6-11,13-14,22H,4-5,12H2,(H,29,32). The second-order valence-electron chi connectivity index (χ2n) is 7.92. The van der Waals surface area contributed by atoms with Crippen LogP contribution in [0.5, 0.6) is 11.6 Å². The molecule has 9 heteroatoms. The lowest BCUT2D eigenvalue weighted by molar-refractivity contribution is 0.0938.